The molecule has 5 nitrogen and oxygen atoms in total. The van der Waals surface area contributed by atoms with Crippen LogP contribution in [0.2, 0.25) is 0 Å². The first kappa shape index (κ1) is 12.3. The van der Waals surface area contributed by atoms with Crippen molar-refractivity contribution in [3.05, 3.63) is 11.1 Å². The number of piperidine rings is 1. The molecule has 0 unspecified atom stereocenters. The van der Waals surface area contributed by atoms with Crippen LogP contribution in [0.5, 0.6) is 0 Å². The Morgan fingerprint density at radius 1 is 1.65 bits per heavy atom. The minimum atomic E-state index is -0.244. The number of hydrogen-bond donors (Lipinski definition) is 2. The third-order valence-corrected chi connectivity index (χ3v) is 3.80. The molecule has 1 aliphatic heterocycles. The van der Waals surface area contributed by atoms with E-state index in [9.17, 15) is 4.79 Å². The van der Waals surface area contributed by atoms with E-state index in [0.717, 1.165) is 36.8 Å². The Labute approximate surface area is 105 Å². The van der Waals surface area contributed by atoms with Crippen LogP contribution in [-0.4, -0.2) is 41.5 Å². The predicted octanol–water partition coefficient (Wildman–Crippen LogP) is 0.813. The predicted molar refractivity (Wildman–Crippen MR) is 69.1 cm³/mol. The lowest BCUT2D eigenvalue weighted by Gasteiger charge is -2.31. The van der Waals surface area contributed by atoms with Crippen LogP contribution in [0.25, 0.3) is 0 Å². The molecular formula is C11H18N4OS. The van der Waals surface area contributed by atoms with E-state index in [0.29, 0.717) is 12.6 Å². The first-order chi connectivity index (χ1) is 8.13. The number of nitrogens with zero attached hydrogens (tertiary/aromatic N) is 2. The van der Waals surface area contributed by atoms with E-state index in [1.54, 1.807) is 11.3 Å². The van der Waals surface area contributed by atoms with Gasteiger partial charge in [-0.15, -0.1) is 11.3 Å². The van der Waals surface area contributed by atoms with Gasteiger partial charge >= 0.3 is 0 Å². The minimum Gasteiger partial charge on any atom is -0.369 e. The van der Waals surface area contributed by atoms with E-state index in [4.69, 9.17) is 5.73 Å². The van der Waals surface area contributed by atoms with E-state index >= 15 is 0 Å². The summed E-state index contributed by atoms with van der Waals surface area (Å²) in [5.41, 5.74) is 6.24. The fourth-order valence-electron chi connectivity index (χ4n) is 2.05. The summed E-state index contributed by atoms with van der Waals surface area (Å²) in [5.74, 6) is -0.244. The zero-order chi connectivity index (χ0) is 12.3. The van der Waals surface area contributed by atoms with Crippen molar-refractivity contribution < 1.29 is 4.79 Å². The quantitative estimate of drug-likeness (QED) is 0.834. The molecule has 0 aliphatic carbocycles. The Balaban J connectivity index is 1.77. The van der Waals surface area contributed by atoms with Crippen LogP contribution in [0.1, 0.15) is 18.5 Å². The maximum Gasteiger partial charge on any atom is 0.231 e. The summed E-state index contributed by atoms with van der Waals surface area (Å²) in [5, 5.41) is 6.48. The number of carbonyl (C=O) groups is 1. The van der Waals surface area contributed by atoms with Gasteiger partial charge in [-0.1, -0.05) is 0 Å². The number of nitrogens with one attached hydrogen (secondary N) is 1. The number of carbonyl (C=O) groups excluding carboxylic acids is 1. The molecule has 3 N–H and O–H groups in total. The summed E-state index contributed by atoms with van der Waals surface area (Å²) in [7, 11) is 0. The first-order valence-electron chi connectivity index (χ1n) is 5.83. The Bertz CT molecular complexity index is 385. The fraction of sp³-hybridized carbons (Fsp3) is 0.636. The van der Waals surface area contributed by atoms with Crippen molar-refractivity contribution in [2.45, 2.75) is 25.8 Å². The van der Waals surface area contributed by atoms with Crippen molar-refractivity contribution in [2.24, 2.45) is 5.73 Å². The molecule has 0 bridgehead atoms. The van der Waals surface area contributed by atoms with Crippen molar-refractivity contribution in [1.82, 2.24) is 9.88 Å². The summed E-state index contributed by atoms with van der Waals surface area (Å²) >= 11 is 1.64. The number of amides is 1. The fourth-order valence-corrected chi connectivity index (χ4v) is 2.82. The second-order valence-electron chi connectivity index (χ2n) is 4.46. The molecule has 0 spiro atoms. The van der Waals surface area contributed by atoms with Crippen molar-refractivity contribution >= 4 is 22.4 Å². The zero-order valence-electron chi connectivity index (χ0n) is 9.98. The van der Waals surface area contributed by atoms with Crippen molar-refractivity contribution in [2.75, 3.05) is 25.0 Å². The smallest absolute Gasteiger partial charge is 0.231 e. The number of anilines is 1. The number of rotatable bonds is 4. The molecule has 0 radical (unpaired) electrons. The molecule has 0 atom stereocenters. The summed E-state index contributed by atoms with van der Waals surface area (Å²) in [4.78, 5) is 17.3. The molecule has 1 aliphatic rings. The van der Waals surface area contributed by atoms with Gasteiger partial charge in [0.15, 0.2) is 5.13 Å². The van der Waals surface area contributed by atoms with Crippen molar-refractivity contribution in [3.63, 3.8) is 0 Å². The molecule has 1 aromatic heterocycles. The number of aryl methyl sites for hydroxylation is 1. The highest BCUT2D eigenvalue weighted by Gasteiger charge is 2.20. The average Bonchev–Trinajstić information content (AvgIpc) is 2.66. The van der Waals surface area contributed by atoms with Crippen LogP contribution in [0.3, 0.4) is 0 Å². The third-order valence-electron chi connectivity index (χ3n) is 2.91. The van der Waals surface area contributed by atoms with E-state index in [-0.39, 0.29) is 5.91 Å². The van der Waals surface area contributed by atoms with Gasteiger partial charge in [0.2, 0.25) is 5.91 Å². The molecule has 94 valence electrons. The van der Waals surface area contributed by atoms with Gasteiger partial charge in [-0.25, -0.2) is 4.98 Å². The zero-order valence-corrected chi connectivity index (χ0v) is 10.8. The van der Waals surface area contributed by atoms with Crippen LogP contribution in [-0.2, 0) is 4.79 Å². The largest absolute Gasteiger partial charge is 0.369 e. The summed E-state index contributed by atoms with van der Waals surface area (Å²) in [6.45, 7) is 4.22. The lowest BCUT2D eigenvalue weighted by molar-refractivity contribution is -0.119. The molecule has 1 fully saturated rings. The molecule has 6 heteroatoms. The minimum absolute atomic E-state index is 0.244. The summed E-state index contributed by atoms with van der Waals surface area (Å²) < 4.78 is 0. The molecule has 0 aromatic carbocycles. The molecule has 17 heavy (non-hydrogen) atoms. The van der Waals surface area contributed by atoms with E-state index in [1.165, 1.54) is 0 Å². The number of primary amides is 1. The average molecular weight is 254 g/mol. The van der Waals surface area contributed by atoms with Gasteiger partial charge in [-0.05, 0) is 19.8 Å². The molecule has 1 aromatic rings. The van der Waals surface area contributed by atoms with Gasteiger partial charge in [0, 0.05) is 24.5 Å². The highest BCUT2D eigenvalue weighted by atomic mass is 32.1. The topological polar surface area (TPSA) is 71.2 Å². The summed E-state index contributed by atoms with van der Waals surface area (Å²) in [6.07, 6.45) is 2.07. The summed E-state index contributed by atoms with van der Waals surface area (Å²) in [6, 6.07) is 0.463. The number of aromatic nitrogens is 1. The van der Waals surface area contributed by atoms with Crippen LogP contribution >= 0.6 is 11.3 Å². The molecule has 1 saturated heterocycles. The second-order valence-corrected chi connectivity index (χ2v) is 5.31. The van der Waals surface area contributed by atoms with E-state index < -0.39 is 0 Å². The van der Waals surface area contributed by atoms with E-state index in [2.05, 4.69) is 15.2 Å². The van der Waals surface area contributed by atoms with Gasteiger partial charge in [0.05, 0.1) is 12.2 Å². The van der Waals surface area contributed by atoms with Crippen LogP contribution in [0.15, 0.2) is 5.38 Å². The molecule has 2 rings (SSSR count). The number of likely N-dealkylation sites (tertiary alicyclic amines) is 1. The van der Waals surface area contributed by atoms with Crippen LogP contribution in [0.4, 0.5) is 5.13 Å². The molecule has 0 saturated carbocycles. The second kappa shape index (κ2) is 5.46. The number of hydrogen-bond acceptors (Lipinski definition) is 5. The highest BCUT2D eigenvalue weighted by molar-refractivity contribution is 7.13. The lowest BCUT2D eigenvalue weighted by Crippen LogP contribution is -2.42. The van der Waals surface area contributed by atoms with E-state index in [1.807, 2.05) is 12.3 Å². The van der Waals surface area contributed by atoms with Gasteiger partial charge in [0.1, 0.15) is 0 Å². The number of thiazole rings is 1. The van der Waals surface area contributed by atoms with Crippen molar-refractivity contribution in [3.8, 4) is 0 Å². The monoisotopic (exact) mass is 254 g/mol. The van der Waals surface area contributed by atoms with Crippen LogP contribution < -0.4 is 11.1 Å². The lowest BCUT2D eigenvalue weighted by atomic mass is 10.1. The highest BCUT2D eigenvalue weighted by Crippen LogP contribution is 2.19. The Morgan fingerprint density at radius 2 is 2.35 bits per heavy atom. The Morgan fingerprint density at radius 3 is 2.88 bits per heavy atom. The third kappa shape index (κ3) is 3.67. The SMILES string of the molecule is Cc1csc(NC2CCN(CC(N)=O)CC2)n1. The standard InChI is InChI=1S/C11H18N4OS/c1-8-7-17-11(13-8)14-9-2-4-15(5-3-9)6-10(12)16/h7,9H,2-6H2,1H3,(H2,12,16)(H,13,14). The first-order valence-corrected chi connectivity index (χ1v) is 6.71. The van der Waals surface area contributed by atoms with Gasteiger partial charge < -0.3 is 11.1 Å². The maximum atomic E-state index is 10.8. The number of nitrogens with two attached hydrogens (primary N) is 1. The Kier molecular flexibility index (Phi) is 3.96. The van der Waals surface area contributed by atoms with Crippen molar-refractivity contribution in [1.29, 1.82) is 0 Å². The Hall–Kier alpha value is -1.14. The maximum absolute atomic E-state index is 10.8. The van der Waals surface area contributed by atoms with Crippen LogP contribution in [0, 0.1) is 6.92 Å². The molecular weight excluding hydrogens is 236 g/mol. The van der Waals surface area contributed by atoms with Gasteiger partial charge in [0.25, 0.3) is 0 Å². The normalized spacial score (nSPS) is 18.2. The van der Waals surface area contributed by atoms with Gasteiger partial charge in [-0.2, -0.15) is 0 Å². The van der Waals surface area contributed by atoms with Gasteiger partial charge in [-0.3, -0.25) is 9.69 Å². The molecule has 1 amide bonds. The molecule has 2 heterocycles.